The lowest BCUT2D eigenvalue weighted by Gasteiger charge is -1.86. The molecule has 0 fully saturated rings. The van der Waals surface area contributed by atoms with Gasteiger partial charge in [-0.1, -0.05) is 0 Å². The zero-order valence-corrected chi connectivity index (χ0v) is 4.37. The van der Waals surface area contributed by atoms with Crippen LogP contribution < -0.4 is 0 Å². The molecule has 0 unspecified atom stereocenters. The Kier molecular flexibility index (Phi) is 0.676. The van der Waals surface area contributed by atoms with Crippen LogP contribution in [0, 0.1) is 0 Å². The first kappa shape index (κ1) is 4.09. The van der Waals surface area contributed by atoms with Gasteiger partial charge in [-0.2, -0.15) is 0 Å². The molecule has 0 atom stereocenters. The highest BCUT2D eigenvalue weighted by Gasteiger charge is 2.07. The Morgan fingerprint density at radius 3 is 3.62 bits per heavy atom. The minimum atomic E-state index is 0.676. The number of rotatable bonds is 0. The van der Waals surface area contributed by atoms with Crippen LogP contribution in [0.2, 0.25) is 0 Å². The van der Waals surface area contributed by atoms with Crippen molar-refractivity contribution in [2.24, 2.45) is 0 Å². The van der Waals surface area contributed by atoms with Crippen molar-refractivity contribution >= 4 is 0 Å². The number of imidazole rings is 1. The molecule has 42 valence electrons. The first-order chi connectivity index (χ1) is 3.97. The summed E-state index contributed by atoms with van der Waals surface area (Å²) >= 11 is 0. The molecule has 0 saturated heterocycles. The second kappa shape index (κ2) is 1.32. The summed E-state index contributed by atoms with van der Waals surface area (Å²) in [6.45, 7) is 1.40. The highest BCUT2D eigenvalue weighted by Crippen LogP contribution is 2.08. The molecule has 1 aliphatic rings. The van der Waals surface area contributed by atoms with E-state index < -0.39 is 0 Å². The Morgan fingerprint density at radius 1 is 1.75 bits per heavy atom. The van der Waals surface area contributed by atoms with Crippen molar-refractivity contribution in [3.05, 3.63) is 18.2 Å². The SMILES string of the molecule is c1ncn2c1COC2. The van der Waals surface area contributed by atoms with Gasteiger partial charge in [0.1, 0.15) is 6.73 Å². The normalized spacial score (nSPS) is 16.5. The molecule has 0 N–H and O–H groups in total. The maximum Gasteiger partial charge on any atom is 0.124 e. The molecule has 0 aromatic carbocycles. The van der Waals surface area contributed by atoms with Gasteiger partial charge >= 0.3 is 0 Å². The molecule has 2 heterocycles. The number of aromatic nitrogens is 2. The van der Waals surface area contributed by atoms with Crippen LogP contribution in [-0.2, 0) is 18.1 Å². The number of ether oxygens (including phenoxy) is 1. The first-order valence-electron chi connectivity index (χ1n) is 2.53. The van der Waals surface area contributed by atoms with Gasteiger partial charge in [0.25, 0.3) is 0 Å². The molecule has 2 rings (SSSR count). The fraction of sp³-hybridized carbons (Fsp3) is 0.400. The third kappa shape index (κ3) is 0.391. The molecule has 0 radical (unpaired) electrons. The van der Waals surface area contributed by atoms with E-state index in [0.717, 1.165) is 6.61 Å². The minimum absolute atomic E-state index is 0.676. The zero-order chi connectivity index (χ0) is 5.40. The summed E-state index contributed by atoms with van der Waals surface area (Å²) in [6, 6.07) is 0. The van der Waals surface area contributed by atoms with Gasteiger partial charge in [-0.3, -0.25) is 0 Å². The van der Waals surface area contributed by atoms with Crippen molar-refractivity contribution in [2.75, 3.05) is 0 Å². The molecule has 0 amide bonds. The van der Waals surface area contributed by atoms with Crippen LogP contribution in [0.4, 0.5) is 0 Å². The van der Waals surface area contributed by atoms with Crippen molar-refractivity contribution in [3.8, 4) is 0 Å². The van der Waals surface area contributed by atoms with Crippen molar-refractivity contribution in [3.63, 3.8) is 0 Å². The molecule has 1 aromatic rings. The van der Waals surface area contributed by atoms with Crippen molar-refractivity contribution in [1.82, 2.24) is 9.55 Å². The summed E-state index contributed by atoms with van der Waals surface area (Å²) < 4.78 is 7.06. The summed E-state index contributed by atoms with van der Waals surface area (Å²) in [5.41, 5.74) is 1.17. The van der Waals surface area contributed by atoms with Gasteiger partial charge in [-0.25, -0.2) is 4.98 Å². The predicted octanol–water partition coefficient (Wildman–Crippen LogP) is 0.371. The molecule has 1 aromatic heterocycles. The van der Waals surface area contributed by atoms with E-state index >= 15 is 0 Å². The Hall–Kier alpha value is -0.830. The molecule has 3 heteroatoms. The standard InChI is InChI=1S/C5H6N2O/c1-5-2-8-4-7(5)3-6-1/h1,3H,2,4H2. The lowest BCUT2D eigenvalue weighted by molar-refractivity contribution is 0.108. The number of nitrogens with zero attached hydrogens (tertiary/aromatic N) is 2. The van der Waals surface area contributed by atoms with E-state index in [1.165, 1.54) is 5.69 Å². The maximum atomic E-state index is 5.08. The van der Waals surface area contributed by atoms with Crippen LogP contribution in [0.15, 0.2) is 12.5 Å². The fourth-order valence-corrected chi connectivity index (χ4v) is 0.833. The van der Waals surface area contributed by atoms with E-state index in [0.29, 0.717) is 6.73 Å². The summed E-state index contributed by atoms with van der Waals surface area (Å²) in [5, 5.41) is 0. The van der Waals surface area contributed by atoms with Gasteiger partial charge in [0, 0.05) is 0 Å². The zero-order valence-electron chi connectivity index (χ0n) is 4.37. The molecule has 8 heavy (non-hydrogen) atoms. The fourth-order valence-electron chi connectivity index (χ4n) is 0.833. The van der Waals surface area contributed by atoms with E-state index in [2.05, 4.69) is 4.98 Å². The molecule has 3 nitrogen and oxygen atoms in total. The lowest BCUT2D eigenvalue weighted by atomic mass is 10.5. The molecule has 0 bridgehead atoms. The van der Waals surface area contributed by atoms with Gasteiger partial charge in [0.2, 0.25) is 0 Å². The van der Waals surface area contributed by atoms with Crippen LogP contribution in [0.1, 0.15) is 5.69 Å². The molecule has 0 saturated carbocycles. The van der Waals surface area contributed by atoms with Crippen molar-refractivity contribution in [2.45, 2.75) is 13.3 Å². The molecule has 0 spiro atoms. The minimum Gasteiger partial charge on any atom is -0.354 e. The quantitative estimate of drug-likeness (QED) is 0.482. The average Bonchev–Trinajstić information content (AvgIpc) is 2.15. The van der Waals surface area contributed by atoms with E-state index in [1.54, 1.807) is 6.33 Å². The summed E-state index contributed by atoms with van der Waals surface area (Å²) in [4.78, 5) is 3.93. The van der Waals surface area contributed by atoms with Crippen LogP contribution in [0.5, 0.6) is 0 Å². The summed E-state index contributed by atoms with van der Waals surface area (Å²) in [6.07, 6.45) is 3.61. The van der Waals surface area contributed by atoms with Crippen molar-refractivity contribution < 1.29 is 4.74 Å². The third-order valence-electron chi connectivity index (χ3n) is 1.28. The largest absolute Gasteiger partial charge is 0.354 e. The van der Waals surface area contributed by atoms with Gasteiger partial charge in [-0.05, 0) is 0 Å². The van der Waals surface area contributed by atoms with Crippen LogP contribution >= 0.6 is 0 Å². The molecular formula is C5H6N2O. The third-order valence-corrected chi connectivity index (χ3v) is 1.28. The maximum absolute atomic E-state index is 5.08. The highest BCUT2D eigenvalue weighted by atomic mass is 16.5. The topological polar surface area (TPSA) is 27.1 Å². The highest BCUT2D eigenvalue weighted by molar-refractivity contribution is 4.97. The van der Waals surface area contributed by atoms with Gasteiger partial charge in [0.15, 0.2) is 0 Å². The Bertz CT molecular complexity index is 176. The van der Waals surface area contributed by atoms with Gasteiger partial charge in [0.05, 0.1) is 24.8 Å². The molecule has 0 aliphatic carbocycles. The van der Waals surface area contributed by atoms with Crippen molar-refractivity contribution in [1.29, 1.82) is 0 Å². The Labute approximate surface area is 46.9 Å². The second-order valence-electron chi connectivity index (χ2n) is 1.83. The average molecular weight is 110 g/mol. The molecular weight excluding hydrogens is 104 g/mol. The lowest BCUT2D eigenvalue weighted by Crippen LogP contribution is -1.87. The monoisotopic (exact) mass is 110 g/mol. The van der Waals surface area contributed by atoms with Gasteiger partial charge in [-0.15, -0.1) is 0 Å². The van der Waals surface area contributed by atoms with E-state index in [1.807, 2.05) is 10.8 Å². The Balaban J connectivity index is 2.54. The number of hydrogen-bond acceptors (Lipinski definition) is 2. The van der Waals surface area contributed by atoms with Crippen LogP contribution in [-0.4, -0.2) is 9.55 Å². The molecule has 1 aliphatic heterocycles. The van der Waals surface area contributed by atoms with Crippen LogP contribution in [0.25, 0.3) is 0 Å². The van der Waals surface area contributed by atoms with E-state index in [9.17, 15) is 0 Å². The predicted molar refractivity (Wildman–Crippen MR) is 27.0 cm³/mol. The van der Waals surface area contributed by atoms with Gasteiger partial charge < -0.3 is 9.30 Å². The second-order valence-corrected chi connectivity index (χ2v) is 1.83. The Morgan fingerprint density at radius 2 is 2.75 bits per heavy atom. The van der Waals surface area contributed by atoms with Crippen LogP contribution in [0.3, 0.4) is 0 Å². The first-order valence-corrected chi connectivity index (χ1v) is 2.53. The number of fused-ring (bicyclic) bond motifs is 1. The smallest absolute Gasteiger partial charge is 0.124 e. The summed E-state index contributed by atoms with van der Waals surface area (Å²) in [5.74, 6) is 0. The van der Waals surface area contributed by atoms with E-state index in [-0.39, 0.29) is 0 Å². The number of hydrogen-bond donors (Lipinski definition) is 0. The van der Waals surface area contributed by atoms with E-state index in [4.69, 9.17) is 4.74 Å². The summed E-state index contributed by atoms with van der Waals surface area (Å²) in [7, 11) is 0.